The maximum Gasteiger partial charge on any atom is 0.325 e. The molecule has 1 aromatic rings. The van der Waals surface area contributed by atoms with Gasteiger partial charge in [-0.3, -0.25) is 4.79 Å². The molecule has 0 aliphatic heterocycles. The second kappa shape index (κ2) is 5.82. The number of carbonyl (C=O) groups excluding carboxylic acids is 1. The number of nitrogens with two attached hydrogens (primary N) is 1. The molecule has 0 aliphatic rings. The highest BCUT2D eigenvalue weighted by Gasteiger charge is 2.32. The molecule has 0 amide bonds. The van der Waals surface area contributed by atoms with E-state index in [0.29, 0.717) is 12.2 Å². The molecule has 0 saturated heterocycles. The monoisotopic (exact) mass is 255 g/mol. The molecule has 1 rings (SSSR count). The highest BCUT2D eigenvalue weighted by atomic mass is 19.1. The summed E-state index contributed by atoms with van der Waals surface area (Å²) >= 11 is 0. The van der Waals surface area contributed by atoms with E-state index in [4.69, 9.17) is 10.5 Å². The molecule has 0 aromatic heterocycles. The van der Waals surface area contributed by atoms with Crippen LogP contribution in [0.1, 0.15) is 20.3 Å². The van der Waals surface area contributed by atoms with Crippen molar-refractivity contribution >= 4 is 5.97 Å². The van der Waals surface area contributed by atoms with Crippen LogP contribution in [0.5, 0.6) is 5.75 Å². The van der Waals surface area contributed by atoms with Crippen molar-refractivity contribution in [2.75, 3.05) is 7.11 Å². The van der Waals surface area contributed by atoms with E-state index in [1.165, 1.54) is 31.4 Å². The lowest BCUT2D eigenvalue weighted by molar-refractivity contribution is -0.147. The lowest BCUT2D eigenvalue weighted by atomic mass is 9.96. The standard InChI is InChI=1S/C13H18FNO3/c1-9(8-13(2,15)12(16)17-3)18-11-6-4-10(14)5-7-11/h4-7,9H,8,15H2,1-3H3. The average molecular weight is 255 g/mol. The van der Waals surface area contributed by atoms with Crippen molar-refractivity contribution in [1.82, 2.24) is 0 Å². The van der Waals surface area contributed by atoms with Crippen molar-refractivity contribution in [3.8, 4) is 5.75 Å². The topological polar surface area (TPSA) is 61.5 Å². The first-order valence-corrected chi connectivity index (χ1v) is 5.64. The molecule has 18 heavy (non-hydrogen) atoms. The predicted molar refractivity (Wildman–Crippen MR) is 65.7 cm³/mol. The molecule has 0 radical (unpaired) electrons. The second-order valence-corrected chi connectivity index (χ2v) is 4.50. The number of esters is 1. The Kier molecular flexibility index (Phi) is 4.67. The van der Waals surface area contributed by atoms with E-state index in [1.54, 1.807) is 13.8 Å². The van der Waals surface area contributed by atoms with Crippen molar-refractivity contribution in [3.63, 3.8) is 0 Å². The van der Waals surface area contributed by atoms with Gasteiger partial charge in [0.05, 0.1) is 13.2 Å². The summed E-state index contributed by atoms with van der Waals surface area (Å²) in [6.07, 6.45) is 0.0152. The number of ether oxygens (including phenoxy) is 2. The molecule has 2 N–H and O–H groups in total. The molecule has 1 aromatic carbocycles. The first-order valence-electron chi connectivity index (χ1n) is 5.64. The minimum Gasteiger partial charge on any atom is -0.491 e. The zero-order valence-corrected chi connectivity index (χ0v) is 10.8. The fourth-order valence-electron chi connectivity index (χ4n) is 1.70. The van der Waals surface area contributed by atoms with Crippen molar-refractivity contribution < 1.29 is 18.7 Å². The van der Waals surface area contributed by atoms with Gasteiger partial charge in [-0.05, 0) is 38.1 Å². The summed E-state index contributed by atoms with van der Waals surface area (Å²) in [6, 6.07) is 5.67. The van der Waals surface area contributed by atoms with E-state index in [-0.39, 0.29) is 11.9 Å². The summed E-state index contributed by atoms with van der Waals surface area (Å²) in [5, 5.41) is 0. The quantitative estimate of drug-likeness (QED) is 0.816. The van der Waals surface area contributed by atoms with Crippen molar-refractivity contribution in [2.45, 2.75) is 31.9 Å². The van der Waals surface area contributed by atoms with Crippen LogP contribution in [-0.2, 0) is 9.53 Å². The van der Waals surface area contributed by atoms with Crippen LogP contribution in [0.2, 0.25) is 0 Å². The van der Waals surface area contributed by atoms with E-state index in [0.717, 1.165) is 0 Å². The summed E-state index contributed by atoms with van der Waals surface area (Å²) in [4.78, 5) is 11.4. The lowest BCUT2D eigenvalue weighted by Gasteiger charge is -2.25. The van der Waals surface area contributed by atoms with Gasteiger partial charge in [0.15, 0.2) is 0 Å². The maximum atomic E-state index is 12.7. The van der Waals surface area contributed by atoms with Gasteiger partial charge in [-0.2, -0.15) is 0 Å². The van der Waals surface area contributed by atoms with Gasteiger partial charge in [-0.25, -0.2) is 4.39 Å². The van der Waals surface area contributed by atoms with Crippen LogP contribution in [0.4, 0.5) is 4.39 Å². The third-order valence-corrected chi connectivity index (χ3v) is 2.51. The van der Waals surface area contributed by atoms with Crippen LogP contribution in [0, 0.1) is 5.82 Å². The molecule has 0 fully saturated rings. The van der Waals surface area contributed by atoms with Gasteiger partial charge >= 0.3 is 5.97 Å². The summed E-state index contributed by atoms with van der Waals surface area (Å²) in [5.41, 5.74) is 4.73. The van der Waals surface area contributed by atoms with E-state index >= 15 is 0 Å². The van der Waals surface area contributed by atoms with Crippen LogP contribution in [0.15, 0.2) is 24.3 Å². The minimum atomic E-state index is -1.10. The summed E-state index contributed by atoms with van der Waals surface area (Å²) in [5.74, 6) is -0.283. The number of methoxy groups -OCH3 is 1. The Balaban J connectivity index is 2.58. The van der Waals surface area contributed by atoms with Gasteiger partial charge in [-0.1, -0.05) is 0 Å². The Morgan fingerprint density at radius 1 is 1.44 bits per heavy atom. The minimum absolute atomic E-state index is 0.287. The van der Waals surface area contributed by atoms with E-state index in [2.05, 4.69) is 4.74 Å². The Morgan fingerprint density at radius 3 is 2.50 bits per heavy atom. The Morgan fingerprint density at radius 2 is 2.00 bits per heavy atom. The molecule has 0 saturated carbocycles. The fourth-order valence-corrected chi connectivity index (χ4v) is 1.70. The van der Waals surface area contributed by atoms with Crippen LogP contribution in [0.3, 0.4) is 0 Å². The normalized spacial score (nSPS) is 15.6. The molecule has 0 aliphatic carbocycles. The van der Waals surface area contributed by atoms with Crippen molar-refractivity contribution in [3.05, 3.63) is 30.1 Å². The van der Waals surface area contributed by atoms with E-state index in [9.17, 15) is 9.18 Å². The third kappa shape index (κ3) is 4.00. The molecule has 4 nitrogen and oxygen atoms in total. The van der Waals surface area contributed by atoms with E-state index in [1.807, 2.05) is 0 Å². The number of hydrogen-bond acceptors (Lipinski definition) is 4. The fraction of sp³-hybridized carbons (Fsp3) is 0.462. The molecule has 100 valence electrons. The van der Waals surface area contributed by atoms with Crippen LogP contribution >= 0.6 is 0 Å². The number of carbonyl (C=O) groups is 1. The maximum absolute atomic E-state index is 12.7. The van der Waals surface area contributed by atoms with E-state index < -0.39 is 11.5 Å². The number of rotatable bonds is 5. The molecule has 5 heteroatoms. The van der Waals surface area contributed by atoms with Crippen LogP contribution < -0.4 is 10.5 Å². The third-order valence-electron chi connectivity index (χ3n) is 2.51. The van der Waals surface area contributed by atoms with Gasteiger partial charge in [-0.15, -0.1) is 0 Å². The smallest absolute Gasteiger partial charge is 0.325 e. The average Bonchev–Trinajstić information content (AvgIpc) is 2.30. The molecular weight excluding hydrogens is 237 g/mol. The zero-order valence-electron chi connectivity index (χ0n) is 10.8. The van der Waals surface area contributed by atoms with Crippen LogP contribution in [0.25, 0.3) is 0 Å². The first kappa shape index (κ1) is 14.4. The largest absolute Gasteiger partial charge is 0.491 e. The SMILES string of the molecule is COC(=O)C(C)(N)CC(C)Oc1ccc(F)cc1. The predicted octanol–water partition coefficient (Wildman–Crippen LogP) is 1.87. The highest BCUT2D eigenvalue weighted by molar-refractivity contribution is 5.79. The Hall–Kier alpha value is -1.62. The second-order valence-electron chi connectivity index (χ2n) is 4.50. The molecule has 2 atom stereocenters. The number of benzene rings is 1. The van der Waals surface area contributed by atoms with Gasteiger partial charge in [0.25, 0.3) is 0 Å². The lowest BCUT2D eigenvalue weighted by Crippen LogP contribution is -2.48. The molecule has 0 spiro atoms. The summed E-state index contributed by atoms with van der Waals surface area (Å²) in [6.45, 7) is 3.38. The molecule has 0 bridgehead atoms. The van der Waals surface area contributed by atoms with Gasteiger partial charge < -0.3 is 15.2 Å². The number of hydrogen-bond donors (Lipinski definition) is 1. The van der Waals surface area contributed by atoms with Gasteiger partial charge in [0, 0.05) is 6.42 Å². The number of halogens is 1. The zero-order chi connectivity index (χ0) is 13.8. The molecule has 2 unspecified atom stereocenters. The Labute approximate surface area is 106 Å². The molecular formula is C13H18FNO3. The first-order chi connectivity index (χ1) is 8.35. The Bertz CT molecular complexity index is 403. The highest BCUT2D eigenvalue weighted by Crippen LogP contribution is 2.18. The summed E-state index contributed by atoms with van der Waals surface area (Å²) < 4.78 is 22.9. The van der Waals surface area contributed by atoms with Gasteiger partial charge in [0.2, 0.25) is 0 Å². The van der Waals surface area contributed by atoms with Gasteiger partial charge in [0.1, 0.15) is 17.1 Å². The van der Waals surface area contributed by atoms with Crippen molar-refractivity contribution in [1.29, 1.82) is 0 Å². The molecule has 0 heterocycles. The van der Waals surface area contributed by atoms with Crippen molar-refractivity contribution in [2.24, 2.45) is 5.73 Å². The summed E-state index contributed by atoms with van der Waals surface area (Å²) in [7, 11) is 1.29. The van der Waals surface area contributed by atoms with Crippen LogP contribution in [-0.4, -0.2) is 24.7 Å².